The molecule has 2 aromatic carbocycles. The Morgan fingerprint density at radius 1 is 1.19 bits per heavy atom. The van der Waals surface area contributed by atoms with Crippen molar-refractivity contribution in [2.24, 2.45) is 0 Å². The van der Waals surface area contributed by atoms with Crippen LogP contribution in [0.3, 0.4) is 0 Å². The van der Waals surface area contributed by atoms with Crippen molar-refractivity contribution in [2.45, 2.75) is 11.8 Å². The van der Waals surface area contributed by atoms with E-state index in [0.717, 1.165) is 6.07 Å². The van der Waals surface area contributed by atoms with Crippen molar-refractivity contribution in [1.29, 1.82) is 0 Å². The maximum absolute atomic E-state index is 13.3. The topological polar surface area (TPSA) is 81.4 Å². The maximum Gasteiger partial charge on any atom is 0.265 e. The molecule has 0 unspecified atom stereocenters. The molecule has 0 saturated carbocycles. The SMILES string of the molecule is COc1ccc(N)cc1S(=O)(=O)Nc1cc(F)ccc1C. The number of nitrogens with two attached hydrogens (primary N) is 1. The van der Waals surface area contributed by atoms with Crippen molar-refractivity contribution in [3.63, 3.8) is 0 Å². The lowest BCUT2D eigenvalue weighted by molar-refractivity contribution is 0.403. The van der Waals surface area contributed by atoms with Crippen LogP contribution in [0.2, 0.25) is 0 Å². The average Bonchev–Trinajstić information content (AvgIpc) is 2.42. The predicted molar refractivity (Wildman–Crippen MR) is 79.4 cm³/mol. The Balaban J connectivity index is 2.48. The lowest BCUT2D eigenvalue weighted by Crippen LogP contribution is -2.15. The van der Waals surface area contributed by atoms with Gasteiger partial charge in [0, 0.05) is 5.69 Å². The number of anilines is 2. The predicted octanol–water partition coefficient (Wildman–Crippen LogP) is 2.53. The van der Waals surface area contributed by atoms with Gasteiger partial charge >= 0.3 is 0 Å². The standard InChI is InChI=1S/C14H15FN2O3S/c1-9-3-4-10(15)7-12(9)17-21(18,19)14-8-11(16)5-6-13(14)20-2/h3-8,17H,16H2,1-2H3. The van der Waals surface area contributed by atoms with Gasteiger partial charge in [-0.15, -0.1) is 0 Å². The molecule has 0 aromatic heterocycles. The molecular formula is C14H15FN2O3S. The second-order valence-corrected chi connectivity index (χ2v) is 6.13. The Kier molecular flexibility index (Phi) is 4.04. The minimum Gasteiger partial charge on any atom is -0.495 e. The normalized spacial score (nSPS) is 11.2. The van der Waals surface area contributed by atoms with Gasteiger partial charge in [-0.3, -0.25) is 4.72 Å². The molecule has 0 saturated heterocycles. The van der Waals surface area contributed by atoms with E-state index in [9.17, 15) is 12.8 Å². The zero-order chi connectivity index (χ0) is 15.6. The molecule has 0 aliphatic carbocycles. The Bertz CT molecular complexity index is 776. The smallest absolute Gasteiger partial charge is 0.265 e. The number of nitrogens with one attached hydrogen (secondary N) is 1. The van der Waals surface area contributed by atoms with Gasteiger partial charge < -0.3 is 10.5 Å². The van der Waals surface area contributed by atoms with Gasteiger partial charge in [-0.25, -0.2) is 12.8 Å². The number of methoxy groups -OCH3 is 1. The summed E-state index contributed by atoms with van der Waals surface area (Å²) < 4.78 is 45.5. The minimum atomic E-state index is -3.94. The van der Waals surface area contributed by atoms with E-state index >= 15 is 0 Å². The van der Waals surface area contributed by atoms with Crippen molar-refractivity contribution in [3.05, 3.63) is 47.8 Å². The van der Waals surface area contributed by atoms with Crippen LogP contribution in [0.1, 0.15) is 5.56 Å². The first-order chi connectivity index (χ1) is 9.83. The van der Waals surface area contributed by atoms with Gasteiger partial charge in [0.25, 0.3) is 10.0 Å². The van der Waals surface area contributed by atoms with E-state index in [1.165, 1.54) is 37.4 Å². The highest BCUT2D eigenvalue weighted by atomic mass is 32.2. The summed E-state index contributed by atoms with van der Waals surface area (Å²) in [5.41, 5.74) is 6.67. The van der Waals surface area contributed by atoms with Crippen LogP contribution in [0.25, 0.3) is 0 Å². The molecule has 0 atom stereocenters. The number of ether oxygens (including phenoxy) is 1. The van der Waals surface area contributed by atoms with Gasteiger partial charge in [0.1, 0.15) is 16.5 Å². The molecule has 3 N–H and O–H groups in total. The van der Waals surface area contributed by atoms with Crippen molar-refractivity contribution < 1.29 is 17.5 Å². The summed E-state index contributed by atoms with van der Waals surface area (Å²) in [6, 6.07) is 8.15. The van der Waals surface area contributed by atoms with Gasteiger partial charge in [-0.1, -0.05) is 6.07 Å². The molecular weight excluding hydrogens is 295 g/mol. The average molecular weight is 310 g/mol. The summed E-state index contributed by atoms with van der Waals surface area (Å²) in [4.78, 5) is -0.103. The molecule has 0 heterocycles. The quantitative estimate of drug-likeness (QED) is 0.850. The first-order valence-electron chi connectivity index (χ1n) is 6.06. The number of benzene rings is 2. The van der Waals surface area contributed by atoms with Gasteiger partial charge in [-0.2, -0.15) is 0 Å². The van der Waals surface area contributed by atoms with Crippen LogP contribution < -0.4 is 15.2 Å². The number of aryl methyl sites for hydroxylation is 1. The molecule has 21 heavy (non-hydrogen) atoms. The van der Waals surface area contributed by atoms with E-state index in [0.29, 0.717) is 5.56 Å². The van der Waals surface area contributed by atoms with Gasteiger partial charge in [0.15, 0.2) is 0 Å². The zero-order valence-electron chi connectivity index (χ0n) is 11.6. The molecule has 112 valence electrons. The molecule has 7 heteroatoms. The van der Waals surface area contributed by atoms with E-state index in [4.69, 9.17) is 10.5 Å². The summed E-state index contributed by atoms with van der Waals surface area (Å²) in [5, 5.41) is 0. The summed E-state index contributed by atoms with van der Waals surface area (Å²) >= 11 is 0. The lowest BCUT2D eigenvalue weighted by Gasteiger charge is -2.13. The van der Waals surface area contributed by atoms with Crippen LogP contribution in [-0.2, 0) is 10.0 Å². The van der Waals surface area contributed by atoms with Crippen molar-refractivity contribution in [2.75, 3.05) is 17.6 Å². The second-order valence-electron chi connectivity index (χ2n) is 4.48. The number of halogens is 1. The third kappa shape index (κ3) is 3.25. The third-order valence-corrected chi connectivity index (χ3v) is 4.31. The van der Waals surface area contributed by atoms with Crippen molar-refractivity contribution >= 4 is 21.4 Å². The number of rotatable bonds is 4. The molecule has 0 aliphatic rings. The fourth-order valence-corrected chi connectivity index (χ4v) is 3.13. The zero-order valence-corrected chi connectivity index (χ0v) is 12.4. The highest BCUT2D eigenvalue weighted by molar-refractivity contribution is 7.92. The van der Waals surface area contributed by atoms with E-state index in [2.05, 4.69) is 4.72 Å². The van der Waals surface area contributed by atoms with E-state index in [-0.39, 0.29) is 22.0 Å². The highest BCUT2D eigenvalue weighted by Gasteiger charge is 2.21. The van der Waals surface area contributed by atoms with Crippen LogP contribution in [0.5, 0.6) is 5.75 Å². The number of hydrogen-bond donors (Lipinski definition) is 2. The molecule has 0 spiro atoms. The van der Waals surface area contributed by atoms with Crippen molar-refractivity contribution in [1.82, 2.24) is 0 Å². The van der Waals surface area contributed by atoms with Crippen LogP contribution >= 0.6 is 0 Å². The first kappa shape index (κ1) is 15.1. The Morgan fingerprint density at radius 2 is 1.90 bits per heavy atom. The summed E-state index contributed by atoms with van der Waals surface area (Å²) in [6.07, 6.45) is 0. The molecule has 5 nitrogen and oxygen atoms in total. The van der Waals surface area contributed by atoms with E-state index < -0.39 is 15.8 Å². The fourth-order valence-electron chi connectivity index (χ4n) is 1.81. The molecule has 0 bridgehead atoms. The lowest BCUT2D eigenvalue weighted by atomic mass is 10.2. The number of sulfonamides is 1. The van der Waals surface area contributed by atoms with E-state index in [1.54, 1.807) is 6.92 Å². The Hall–Kier alpha value is -2.28. The first-order valence-corrected chi connectivity index (χ1v) is 7.54. The second kappa shape index (κ2) is 5.61. The molecule has 2 rings (SSSR count). The summed E-state index contributed by atoms with van der Waals surface area (Å²) in [5.74, 6) is -0.372. The van der Waals surface area contributed by atoms with Crippen LogP contribution in [0, 0.1) is 12.7 Å². The van der Waals surface area contributed by atoms with Crippen LogP contribution in [0.15, 0.2) is 41.3 Å². The maximum atomic E-state index is 13.3. The monoisotopic (exact) mass is 310 g/mol. The number of hydrogen-bond acceptors (Lipinski definition) is 4. The van der Waals surface area contributed by atoms with Crippen LogP contribution in [0.4, 0.5) is 15.8 Å². The molecule has 0 aliphatic heterocycles. The number of nitrogen functional groups attached to an aromatic ring is 1. The Morgan fingerprint density at radius 3 is 2.57 bits per heavy atom. The molecule has 0 radical (unpaired) electrons. The van der Waals surface area contributed by atoms with Gasteiger partial charge in [0.05, 0.1) is 12.8 Å². The fraction of sp³-hybridized carbons (Fsp3) is 0.143. The molecule has 0 amide bonds. The largest absolute Gasteiger partial charge is 0.495 e. The Labute approximate surface area is 122 Å². The van der Waals surface area contributed by atoms with Crippen LogP contribution in [-0.4, -0.2) is 15.5 Å². The van der Waals surface area contributed by atoms with Crippen molar-refractivity contribution in [3.8, 4) is 5.75 Å². The van der Waals surface area contributed by atoms with E-state index in [1.807, 2.05) is 0 Å². The summed E-state index contributed by atoms with van der Waals surface area (Å²) in [7, 11) is -2.58. The van der Waals surface area contributed by atoms with Gasteiger partial charge in [-0.05, 0) is 42.8 Å². The molecule has 0 fully saturated rings. The third-order valence-electron chi connectivity index (χ3n) is 2.92. The molecule has 2 aromatic rings. The summed E-state index contributed by atoms with van der Waals surface area (Å²) in [6.45, 7) is 1.67. The van der Waals surface area contributed by atoms with Gasteiger partial charge in [0.2, 0.25) is 0 Å². The minimum absolute atomic E-state index is 0.103. The highest BCUT2D eigenvalue weighted by Crippen LogP contribution is 2.28.